The minimum atomic E-state index is -0.256. The van der Waals surface area contributed by atoms with Crippen LogP contribution in [0.1, 0.15) is 16.7 Å². The van der Waals surface area contributed by atoms with E-state index < -0.39 is 0 Å². The van der Waals surface area contributed by atoms with Gasteiger partial charge in [-0.1, -0.05) is 18.4 Å². The molecule has 0 N–H and O–H groups in total. The van der Waals surface area contributed by atoms with E-state index in [1.165, 1.54) is 16.7 Å². The summed E-state index contributed by atoms with van der Waals surface area (Å²) in [5, 5.41) is 0. The van der Waals surface area contributed by atoms with E-state index in [4.69, 9.17) is 4.74 Å². The fourth-order valence-corrected chi connectivity index (χ4v) is 3.30. The van der Waals surface area contributed by atoms with Crippen LogP contribution in [0.4, 0.5) is 0 Å². The molecule has 0 aliphatic rings. The monoisotopic (exact) mass is 288 g/mol. The lowest BCUT2D eigenvalue weighted by Gasteiger charge is -1.97. The first-order valence-corrected chi connectivity index (χ1v) is 7.27. The Morgan fingerprint density at radius 2 is 2.05 bits per heavy atom. The van der Waals surface area contributed by atoms with Crippen LogP contribution >= 0.6 is 22.7 Å². The van der Waals surface area contributed by atoms with E-state index in [0.29, 0.717) is 6.61 Å². The van der Waals surface area contributed by atoms with Crippen LogP contribution in [0.25, 0.3) is 9.75 Å². The van der Waals surface area contributed by atoms with Crippen molar-refractivity contribution >= 4 is 28.6 Å². The van der Waals surface area contributed by atoms with Gasteiger partial charge in [0.1, 0.15) is 6.61 Å². The number of allylic oxidation sites excluding steroid dienone is 1. The molecule has 0 unspecified atom stereocenters. The van der Waals surface area contributed by atoms with E-state index in [-0.39, 0.29) is 5.97 Å². The second kappa shape index (κ2) is 6.37. The highest BCUT2D eigenvalue weighted by Gasteiger charge is 2.06. The molecule has 0 saturated heterocycles. The van der Waals surface area contributed by atoms with E-state index in [0.717, 1.165) is 9.75 Å². The summed E-state index contributed by atoms with van der Waals surface area (Å²) in [6.07, 6.45) is 1.59. The maximum Gasteiger partial charge on any atom is 0.302 e. The summed E-state index contributed by atoms with van der Waals surface area (Å²) in [5.41, 5.74) is 0. The third-order valence-corrected chi connectivity index (χ3v) is 4.48. The highest BCUT2D eigenvalue weighted by Crippen LogP contribution is 2.33. The molecule has 2 nitrogen and oxygen atoms in total. The van der Waals surface area contributed by atoms with Gasteiger partial charge in [-0.05, 0) is 30.3 Å². The van der Waals surface area contributed by atoms with Gasteiger partial charge in [0.2, 0.25) is 0 Å². The first kappa shape index (κ1) is 13.6. The Morgan fingerprint density at radius 3 is 2.79 bits per heavy atom. The average molecular weight is 288 g/mol. The molecule has 0 spiro atoms. The standard InChI is InChI=1S/C15H12O2S2/c1-3-4-5-12-6-8-14(18-12)15-9-7-13(19-15)10-17-11(2)16/h3,6-9H,1,10H2,2H3. The lowest BCUT2D eigenvalue weighted by molar-refractivity contribution is -0.142. The average Bonchev–Trinajstić information content (AvgIpc) is 3.02. The maximum absolute atomic E-state index is 10.8. The SMILES string of the molecule is C=CC#Cc1ccc(-c2ccc(COC(C)=O)s2)s1. The van der Waals surface area contributed by atoms with Crippen molar-refractivity contribution in [2.75, 3.05) is 0 Å². The van der Waals surface area contributed by atoms with E-state index in [2.05, 4.69) is 24.5 Å². The van der Waals surface area contributed by atoms with Crippen LogP contribution < -0.4 is 0 Å². The maximum atomic E-state index is 10.8. The molecule has 19 heavy (non-hydrogen) atoms. The molecular formula is C15H12O2S2. The zero-order chi connectivity index (χ0) is 13.7. The number of hydrogen-bond donors (Lipinski definition) is 0. The third-order valence-electron chi connectivity index (χ3n) is 2.23. The quantitative estimate of drug-likeness (QED) is 0.628. The Kier molecular flexibility index (Phi) is 4.56. The van der Waals surface area contributed by atoms with Crippen LogP contribution in [0.15, 0.2) is 36.9 Å². The van der Waals surface area contributed by atoms with Crippen LogP contribution in [0, 0.1) is 11.8 Å². The zero-order valence-corrected chi connectivity index (χ0v) is 12.1. The lowest BCUT2D eigenvalue weighted by atomic mass is 10.3. The summed E-state index contributed by atoms with van der Waals surface area (Å²) in [4.78, 5) is 15.2. The summed E-state index contributed by atoms with van der Waals surface area (Å²) >= 11 is 3.27. The Balaban J connectivity index is 2.11. The van der Waals surface area contributed by atoms with Gasteiger partial charge in [0.15, 0.2) is 0 Å². The molecule has 2 heterocycles. The van der Waals surface area contributed by atoms with Gasteiger partial charge < -0.3 is 4.74 Å². The minimum absolute atomic E-state index is 0.256. The van der Waals surface area contributed by atoms with Crippen molar-refractivity contribution in [2.45, 2.75) is 13.5 Å². The predicted octanol–water partition coefficient (Wildman–Crippen LogP) is 4.08. The molecule has 2 rings (SSSR count). The molecule has 0 aliphatic carbocycles. The van der Waals surface area contributed by atoms with Crippen LogP contribution in [0.3, 0.4) is 0 Å². The second-order valence-electron chi connectivity index (χ2n) is 3.68. The van der Waals surface area contributed by atoms with Crippen LogP contribution in [-0.2, 0) is 16.1 Å². The summed E-state index contributed by atoms with van der Waals surface area (Å²) < 4.78 is 4.98. The second-order valence-corrected chi connectivity index (χ2v) is 5.94. The Morgan fingerprint density at radius 1 is 1.32 bits per heavy atom. The van der Waals surface area contributed by atoms with E-state index in [9.17, 15) is 4.79 Å². The molecule has 2 aromatic heterocycles. The zero-order valence-electron chi connectivity index (χ0n) is 10.4. The lowest BCUT2D eigenvalue weighted by Crippen LogP contribution is -1.96. The number of thiophene rings is 2. The number of rotatable bonds is 3. The van der Waals surface area contributed by atoms with E-state index >= 15 is 0 Å². The molecular weight excluding hydrogens is 276 g/mol. The molecule has 0 saturated carbocycles. The van der Waals surface area contributed by atoms with Gasteiger partial charge >= 0.3 is 5.97 Å². The summed E-state index contributed by atoms with van der Waals surface area (Å²) in [6.45, 7) is 5.33. The minimum Gasteiger partial charge on any atom is -0.460 e. The van der Waals surface area contributed by atoms with Crippen molar-refractivity contribution < 1.29 is 9.53 Å². The molecule has 0 amide bonds. The van der Waals surface area contributed by atoms with Crippen molar-refractivity contribution in [1.82, 2.24) is 0 Å². The highest BCUT2D eigenvalue weighted by molar-refractivity contribution is 7.22. The van der Waals surface area contributed by atoms with Crippen molar-refractivity contribution in [1.29, 1.82) is 0 Å². The molecule has 2 aromatic rings. The van der Waals surface area contributed by atoms with Crippen LogP contribution in [0.2, 0.25) is 0 Å². The van der Waals surface area contributed by atoms with Gasteiger partial charge in [0.25, 0.3) is 0 Å². The normalized spacial score (nSPS) is 9.53. The molecule has 96 valence electrons. The van der Waals surface area contributed by atoms with E-state index in [1.807, 2.05) is 18.2 Å². The largest absolute Gasteiger partial charge is 0.460 e. The molecule has 0 radical (unpaired) electrons. The van der Waals surface area contributed by atoms with Gasteiger partial charge in [-0.25, -0.2) is 0 Å². The Bertz CT molecular complexity index is 653. The highest BCUT2D eigenvalue weighted by atomic mass is 32.1. The van der Waals surface area contributed by atoms with Crippen LogP contribution in [-0.4, -0.2) is 5.97 Å². The molecule has 0 fully saturated rings. The van der Waals surface area contributed by atoms with Crippen LogP contribution in [0.5, 0.6) is 0 Å². The molecule has 0 aromatic carbocycles. The number of esters is 1. The Hall–Kier alpha value is -1.83. The van der Waals surface area contributed by atoms with Crippen molar-refractivity contribution in [3.8, 4) is 21.6 Å². The summed E-state index contributed by atoms with van der Waals surface area (Å²) in [6, 6.07) is 8.08. The molecule has 4 heteroatoms. The van der Waals surface area contributed by atoms with E-state index in [1.54, 1.807) is 28.7 Å². The van der Waals surface area contributed by atoms with Gasteiger partial charge in [0.05, 0.1) is 4.88 Å². The first-order chi connectivity index (χ1) is 9.19. The summed E-state index contributed by atoms with van der Waals surface area (Å²) in [5.74, 6) is 5.60. The predicted molar refractivity (Wildman–Crippen MR) is 80.2 cm³/mol. The number of hydrogen-bond acceptors (Lipinski definition) is 4. The fourth-order valence-electron chi connectivity index (χ4n) is 1.42. The first-order valence-electron chi connectivity index (χ1n) is 5.64. The van der Waals surface area contributed by atoms with Gasteiger partial charge in [-0.2, -0.15) is 0 Å². The number of carbonyl (C=O) groups is 1. The Labute approximate surface area is 120 Å². The van der Waals surface area contributed by atoms with Gasteiger partial charge in [-0.3, -0.25) is 4.79 Å². The molecule has 0 atom stereocenters. The topological polar surface area (TPSA) is 26.3 Å². The van der Waals surface area contributed by atoms with Crippen molar-refractivity contribution in [3.05, 3.63) is 46.7 Å². The van der Waals surface area contributed by atoms with Crippen molar-refractivity contribution in [2.24, 2.45) is 0 Å². The summed E-state index contributed by atoms with van der Waals surface area (Å²) in [7, 11) is 0. The fraction of sp³-hybridized carbons (Fsp3) is 0.133. The smallest absolute Gasteiger partial charge is 0.302 e. The molecule has 0 bridgehead atoms. The number of carbonyl (C=O) groups excluding carboxylic acids is 1. The van der Waals surface area contributed by atoms with Gasteiger partial charge in [0, 0.05) is 21.6 Å². The third kappa shape index (κ3) is 3.82. The van der Waals surface area contributed by atoms with Crippen molar-refractivity contribution in [3.63, 3.8) is 0 Å². The number of ether oxygens (including phenoxy) is 1. The van der Waals surface area contributed by atoms with Gasteiger partial charge in [-0.15, -0.1) is 22.7 Å². The molecule has 0 aliphatic heterocycles.